The predicted molar refractivity (Wildman–Crippen MR) is 118 cm³/mol. The third-order valence-corrected chi connectivity index (χ3v) is 5.54. The van der Waals surface area contributed by atoms with Crippen LogP contribution in [0.4, 0.5) is 11.4 Å². The molecular formula is C22H15Cl2N3O4. The highest BCUT2D eigenvalue weighted by molar-refractivity contribution is 6.34. The molecule has 0 saturated heterocycles. The minimum atomic E-state index is -0.670. The number of non-ortho nitro benzene ring substituents is 1. The first-order valence-electron chi connectivity index (χ1n) is 9.24. The Kier molecular flexibility index (Phi) is 5.63. The molecule has 1 heterocycles. The number of nitrogens with zero attached hydrogens (tertiary/aromatic N) is 2. The number of hydrogen-bond acceptors (Lipinski definition) is 4. The predicted octanol–water partition coefficient (Wildman–Crippen LogP) is 5.09. The maximum Gasteiger partial charge on any atom is 0.270 e. The number of rotatable bonds is 3. The highest BCUT2D eigenvalue weighted by Crippen LogP contribution is 2.38. The second kappa shape index (κ2) is 8.37. The Hall–Kier alpha value is -3.42. The summed E-state index contributed by atoms with van der Waals surface area (Å²) in [5.74, 6) is -1.01. The quantitative estimate of drug-likeness (QED) is 0.439. The van der Waals surface area contributed by atoms with Crippen LogP contribution in [0.25, 0.3) is 0 Å². The summed E-state index contributed by atoms with van der Waals surface area (Å²) in [5, 5.41) is 14.5. The Morgan fingerprint density at radius 3 is 2.52 bits per heavy atom. The van der Waals surface area contributed by atoms with Gasteiger partial charge in [0.1, 0.15) is 6.54 Å². The third kappa shape index (κ3) is 4.10. The molecule has 0 aliphatic carbocycles. The number of hydrogen-bond donors (Lipinski definition) is 1. The van der Waals surface area contributed by atoms with Crippen molar-refractivity contribution < 1.29 is 14.5 Å². The first kappa shape index (κ1) is 20.8. The second-order valence-corrected chi connectivity index (χ2v) is 7.79. The summed E-state index contributed by atoms with van der Waals surface area (Å²) in [7, 11) is 0. The van der Waals surface area contributed by atoms with Crippen LogP contribution in [0, 0.1) is 10.1 Å². The lowest BCUT2D eigenvalue weighted by atomic mass is 9.95. The largest absolute Gasteiger partial charge is 0.324 e. The zero-order valence-electron chi connectivity index (χ0n) is 15.9. The van der Waals surface area contributed by atoms with Crippen molar-refractivity contribution in [3.63, 3.8) is 0 Å². The fourth-order valence-electron chi connectivity index (χ4n) is 3.61. The van der Waals surface area contributed by atoms with Crippen molar-refractivity contribution in [2.75, 3.05) is 11.9 Å². The van der Waals surface area contributed by atoms with Crippen molar-refractivity contribution in [3.05, 3.63) is 104 Å². The molecule has 4 rings (SSSR count). The molecule has 9 heteroatoms. The Morgan fingerprint density at radius 1 is 1.06 bits per heavy atom. The lowest BCUT2D eigenvalue weighted by Crippen LogP contribution is -2.39. The van der Waals surface area contributed by atoms with Crippen LogP contribution in [-0.4, -0.2) is 28.2 Å². The first-order valence-corrected chi connectivity index (χ1v) is 10.00. The monoisotopic (exact) mass is 455 g/mol. The lowest BCUT2D eigenvalue weighted by molar-refractivity contribution is -0.384. The van der Waals surface area contributed by atoms with Crippen LogP contribution in [0.15, 0.2) is 66.7 Å². The summed E-state index contributed by atoms with van der Waals surface area (Å²) >= 11 is 12.5. The number of carbonyl (C=O) groups excluding carboxylic acids is 2. The number of anilines is 1. The van der Waals surface area contributed by atoms with Gasteiger partial charge >= 0.3 is 0 Å². The van der Waals surface area contributed by atoms with Crippen molar-refractivity contribution in [3.8, 4) is 0 Å². The first-order chi connectivity index (χ1) is 14.8. The van der Waals surface area contributed by atoms with Gasteiger partial charge in [0.05, 0.1) is 21.6 Å². The van der Waals surface area contributed by atoms with Gasteiger partial charge in [0.2, 0.25) is 5.91 Å². The van der Waals surface area contributed by atoms with E-state index in [9.17, 15) is 19.7 Å². The summed E-state index contributed by atoms with van der Waals surface area (Å²) in [6, 6.07) is 17.1. The van der Waals surface area contributed by atoms with Gasteiger partial charge < -0.3 is 10.2 Å². The van der Waals surface area contributed by atoms with Gasteiger partial charge in [-0.05, 0) is 29.8 Å². The Bertz CT molecular complexity index is 1200. The van der Waals surface area contributed by atoms with E-state index in [2.05, 4.69) is 5.32 Å². The topological polar surface area (TPSA) is 92.5 Å². The molecule has 0 unspecified atom stereocenters. The molecule has 0 spiro atoms. The highest BCUT2D eigenvalue weighted by Gasteiger charge is 2.35. The van der Waals surface area contributed by atoms with E-state index < -0.39 is 22.8 Å². The molecule has 1 atom stereocenters. The molecule has 1 N–H and O–H groups in total. The van der Waals surface area contributed by atoms with Crippen molar-refractivity contribution in [1.82, 2.24) is 4.90 Å². The molecule has 1 aliphatic rings. The maximum atomic E-state index is 13.6. The highest BCUT2D eigenvalue weighted by atomic mass is 35.5. The summed E-state index contributed by atoms with van der Waals surface area (Å²) in [5.41, 5.74) is 1.57. The van der Waals surface area contributed by atoms with Crippen molar-refractivity contribution in [1.29, 1.82) is 0 Å². The number of fused-ring (bicyclic) bond motifs is 1. The van der Waals surface area contributed by atoms with Gasteiger partial charge in [-0.3, -0.25) is 19.7 Å². The fourth-order valence-corrected chi connectivity index (χ4v) is 3.99. The standard InChI is InChI=1S/C22H15Cl2N3O4/c23-14-6-9-19-17(10-14)21(13-4-2-1-3-5-13)26(12-20(28)25-19)22(29)16-11-15(27(30)31)7-8-18(16)24/h1-11,21H,12H2,(H,25,28)/t21-/m0/s1. The average Bonchev–Trinajstić information content (AvgIpc) is 2.89. The van der Waals surface area contributed by atoms with Crippen molar-refractivity contribution in [2.45, 2.75) is 6.04 Å². The van der Waals surface area contributed by atoms with Crippen LogP contribution in [0.3, 0.4) is 0 Å². The van der Waals surface area contributed by atoms with E-state index in [1.807, 2.05) is 30.3 Å². The van der Waals surface area contributed by atoms with Crippen LogP contribution in [0.1, 0.15) is 27.5 Å². The van der Waals surface area contributed by atoms with Gasteiger partial charge in [0.25, 0.3) is 11.6 Å². The van der Waals surface area contributed by atoms with E-state index in [0.717, 1.165) is 11.6 Å². The zero-order chi connectivity index (χ0) is 22.1. The average molecular weight is 456 g/mol. The molecule has 7 nitrogen and oxygen atoms in total. The van der Waals surface area contributed by atoms with Crippen LogP contribution < -0.4 is 5.32 Å². The number of amides is 2. The number of halogens is 2. The van der Waals surface area contributed by atoms with E-state index in [-0.39, 0.29) is 22.8 Å². The van der Waals surface area contributed by atoms with E-state index in [0.29, 0.717) is 16.3 Å². The third-order valence-electron chi connectivity index (χ3n) is 4.98. The van der Waals surface area contributed by atoms with Gasteiger partial charge in [-0.25, -0.2) is 0 Å². The zero-order valence-corrected chi connectivity index (χ0v) is 17.4. The van der Waals surface area contributed by atoms with Gasteiger partial charge in [-0.2, -0.15) is 0 Å². The molecule has 0 aromatic heterocycles. The molecule has 2 amide bonds. The van der Waals surface area contributed by atoms with Crippen LogP contribution in [-0.2, 0) is 4.79 Å². The molecule has 156 valence electrons. The second-order valence-electron chi connectivity index (χ2n) is 6.95. The lowest BCUT2D eigenvalue weighted by Gasteiger charge is -2.31. The summed E-state index contributed by atoms with van der Waals surface area (Å²) < 4.78 is 0. The molecule has 0 radical (unpaired) electrons. The van der Waals surface area contributed by atoms with Crippen LogP contribution in [0.5, 0.6) is 0 Å². The number of nitro groups is 1. The Labute approximate surface area is 187 Å². The van der Waals surface area contributed by atoms with Crippen LogP contribution >= 0.6 is 23.2 Å². The minimum Gasteiger partial charge on any atom is -0.324 e. The van der Waals surface area contributed by atoms with Gasteiger partial charge in [0.15, 0.2) is 0 Å². The number of benzene rings is 3. The van der Waals surface area contributed by atoms with E-state index in [4.69, 9.17) is 23.2 Å². The Morgan fingerprint density at radius 2 is 1.81 bits per heavy atom. The van der Waals surface area contributed by atoms with Crippen molar-refractivity contribution >= 4 is 46.4 Å². The van der Waals surface area contributed by atoms with E-state index in [1.54, 1.807) is 18.2 Å². The summed E-state index contributed by atoms with van der Waals surface area (Å²) in [6.45, 7) is -0.274. The van der Waals surface area contributed by atoms with Crippen molar-refractivity contribution in [2.24, 2.45) is 0 Å². The summed E-state index contributed by atoms with van der Waals surface area (Å²) in [4.78, 5) is 38.2. The summed E-state index contributed by atoms with van der Waals surface area (Å²) in [6.07, 6.45) is 0. The van der Waals surface area contributed by atoms with E-state index >= 15 is 0 Å². The van der Waals surface area contributed by atoms with Gasteiger partial charge in [-0.15, -0.1) is 0 Å². The molecule has 0 saturated carbocycles. The Balaban J connectivity index is 1.90. The smallest absolute Gasteiger partial charge is 0.270 e. The molecule has 3 aromatic rings. The normalized spacial score (nSPS) is 15.6. The molecule has 1 aliphatic heterocycles. The number of nitrogens with one attached hydrogen (secondary N) is 1. The fraction of sp³-hybridized carbons (Fsp3) is 0.0909. The number of nitro benzene ring substituents is 1. The van der Waals surface area contributed by atoms with Gasteiger partial charge in [-0.1, -0.05) is 53.5 Å². The molecule has 31 heavy (non-hydrogen) atoms. The van der Waals surface area contributed by atoms with Gasteiger partial charge in [0, 0.05) is 28.4 Å². The molecular weight excluding hydrogens is 441 g/mol. The molecule has 3 aromatic carbocycles. The molecule has 0 bridgehead atoms. The minimum absolute atomic E-state index is 0.0541. The van der Waals surface area contributed by atoms with Crippen LogP contribution in [0.2, 0.25) is 10.0 Å². The van der Waals surface area contributed by atoms with E-state index in [1.165, 1.54) is 17.0 Å². The maximum absolute atomic E-state index is 13.6. The number of carbonyl (C=O) groups is 2. The molecule has 0 fully saturated rings. The SMILES string of the molecule is O=C1CN(C(=O)c2cc([N+](=O)[O-])ccc2Cl)[C@@H](c2ccccc2)c2cc(Cl)ccc2N1.